The molecule has 1 aromatic rings. The summed E-state index contributed by atoms with van der Waals surface area (Å²) >= 11 is 0. The molecule has 0 spiro atoms. The van der Waals surface area contributed by atoms with Gasteiger partial charge < -0.3 is 15.2 Å². The highest BCUT2D eigenvalue weighted by Crippen LogP contribution is 2.15. The van der Waals surface area contributed by atoms with E-state index in [1.165, 1.54) is 0 Å². The minimum absolute atomic E-state index is 0.363. The fourth-order valence-electron chi connectivity index (χ4n) is 2.15. The van der Waals surface area contributed by atoms with Crippen molar-refractivity contribution >= 4 is 0 Å². The molecular formula is C11H20N4O. The molecule has 0 amide bonds. The molecular weight excluding hydrogens is 204 g/mol. The van der Waals surface area contributed by atoms with E-state index in [1.807, 2.05) is 6.92 Å². The lowest BCUT2D eigenvalue weighted by Gasteiger charge is -2.34. The van der Waals surface area contributed by atoms with Crippen LogP contribution in [0.5, 0.6) is 0 Å². The van der Waals surface area contributed by atoms with Crippen molar-refractivity contribution in [2.24, 2.45) is 11.7 Å². The van der Waals surface area contributed by atoms with Gasteiger partial charge in [0.1, 0.15) is 0 Å². The molecule has 5 nitrogen and oxygen atoms in total. The first-order valence-electron chi connectivity index (χ1n) is 5.92. The normalized spacial score (nSPS) is 27.2. The summed E-state index contributed by atoms with van der Waals surface area (Å²) in [4.78, 5) is 6.62. The van der Waals surface area contributed by atoms with E-state index in [-0.39, 0.29) is 0 Å². The fourth-order valence-corrected chi connectivity index (χ4v) is 2.15. The van der Waals surface area contributed by atoms with Crippen LogP contribution in [0.3, 0.4) is 0 Å². The topological polar surface area (TPSA) is 68.2 Å². The quantitative estimate of drug-likeness (QED) is 0.814. The second-order valence-corrected chi connectivity index (χ2v) is 4.72. The Kier molecular flexibility index (Phi) is 3.56. The number of likely N-dealkylation sites (tertiary alicyclic amines) is 1. The molecule has 1 saturated heterocycles. The van der Waals surface area contributed by atoms with Gasteiger partial charge in [0, 0.05) is 25.6 Å². The maximum Gasteiger partial charge on any atom is 0.227 e. The lowest BCUT2D eigenvalue weighted by Crippen LogP contribution is -2.46. The predicted octanol–water partition coefficient (Wildman–Crippen LogP) is 0.590. The number of piperidine rings is 1. The van der Waals surface area contributed by atoms with Crippen molar-refractivity contribution in [1.82, 2.24) is 15.0 Å². The van der Waals surface area contributed by atoms with Gasteiger partial charge in [-0.2, -0.15) is 4.98 Å². The molecule has 1 aromatic heterocycles. The van der Waals surface area contributed by atoms with Crippen molar-refractivity contribution in [2.75, 3.05) is 19.6 Å². The molecule has 2 rings (SSSR count). The molecule has 0 aromatic carbocycles. The molecule has 1 aliphatic heterocycles. The van der Waals surface area contributed by atoms with E-state index >= 15 is 0 Å². The Bertz CT molecular complexity index is 338. The summed E-state index contributed by atoms with van der Waals surface area (Å²) in [6.45, 7) is 7.20. The summed E-state index contributed by atoms with van der Waals surface area (Å²) in [5.74, 6) is 2.03. The molecule has 0 aliphatic carbocycles. The van der Waals surface area contributed by atoms with Crippen LogP contribution >= 0.6 is 0 Å². The van der Waals surface area contributed by atoms with E-state index in [1.54, 1.807) is 0 Å². The van der Waals surface area contributed by atoms with Gasteiger partial charge in [0.05, 0.1) is 0 Å². The first-order valence-corrected chi connectivity index (χ1v) is 5.92. The monoisotopic (exact) mass is 224 g/mol. The number of nitrogens with zero attached hydrogens (tertiary/aromatic N) is 3. The zero-order valence-electron chi connectivity index (χ0n) is 10.0. The Morgan fingerprint density at radius 2 is 2.38 bits per heavy atom. The predicted molar refractivity (Wildman–Crippen MR) is 60.9 cm³/mol. The maximum absolute atomic E-state index is 5.98. The minimum atomic E-state index is 0.363. The molecule has 2 atom stereocenters. The lowest BCUT2D eigenvalue weighted by molar-refractivity contribution is 0.162. The maximum atomic E-state index is 5.98. The molecule has 16 heavy (non-hydrogen) atoms. The zero-order valence-corrected chi connectivity index (χ0v) is 10.0. The first kappa shape index (κ1) is 11.5. The molecule has 0 radical (unpaired) electrons. The van der Waals surface area contributed by atoms with Crippen molar-refractivity contribution in [3.63, 3.8) is 0 Å². The second kappa shape index (κ2) is 4.93. The molecule has 1 aliphatic rings. The first-order chi connectivity index (χ1) is 7.65. The van der Waals surface area contributed by atoms with Gasteiger partial charge >= 0.3 is 0 Å². The highest BCUT2D eigenvalue weighted by molar-refractivity contribution is 4.86. The van der Waals surface area contributed by atoms with Crippen molar-refractivity contribution in [1.29, 1.82) is 0 Å². The third-order valence-corrected chi connectivity index (χ3v) is 3.27. The van der Waals surface area contributed by atoms with E-state index in [9.17, 15) is 0 Å². The lowest BCUT2D eigenvalue weighted by atomic mass is 9.95. The van der Waals surface area contributed by atoms with Gasteiger partial charge in [0.15, 0.2) is 5.82 Å². The van der Waals surface area contributed by atoms with E-state index < -0.39 is 0 Å². The average molecular weight is 224 g/mol. The number of aryl methyl sites for hydroxylation is 1. The van der Waals surface area contributed by atoms with Crippen molar-refractivity contribution in [2.45, 2.75) is 32.7 Å². The molecule has 2 heterocycles. The standard InChI is InChI=1S/C11H20N4O/c1-8-7-15(5-3-10(8)12)6-4-11-13-9(2)14-16-11/h8,10H,3-7,12H2,1-2H3. The van der Waals surface area contributed by atoms with Crippen molar-refractivity contribution < 1.29 is 4.52 Å². The number of rotatable bonds is 3. The summed E-state index contributed by atoms with van der Waals surface area (Å²) in [6.07, 6.45) is 1.92. The molecule has 2 N–H and O–H groups in total. The summed E-state index contributed by atoms with van der Waals surface area (Å²) in [6, 6.07) is 0.363. The Morgan fingerprint density at radius 1 is 1.56 bits per heavy atom. The highest BCUT2D eigenvalue weighted by atomic mass is 16.5. The minimum Gasteiger partial charge on any atom is -0.339 e. The van der Waals surface area contributed by atoms with Crippen LogP contribution in [-0.4, -0.2) is 40.7 Å². The van der Waals surface area contributed by atoms with Gasteiger partial charge in [-0.25, -0.2) is 0 Å². The van der Waals surface area contributed by atoms with Crippen LogP contribution in [-0.2, 0) is 6.42 Å². The number of hydrogen-bond donors (Lipinski definition) is 1. The van der Waals surface area contributed by atoms with E-state index in [0.29, 0.717) is 17.8 Å². The van der Waals surface area contributed by atoms with Crippen molar-refractivity contribution in [3.8, 4) is 0 Å². The molecule has 90 valence electrons. The van der Waals surface area contributed by atoms with Gasteiger partial charge in [-0.05, 0) is 25.8 Å². The third kappa shape index (κ3) is 2.80. The number of nitrogens with two attached hydrogens (primary N) is 1. The zero-order chi connectivity index (χ0) is 11.5. The van der Waals surface area contributed by atoms with Gasteiger partial charge in [-0.15, -0.1) is 0 Å². The van der Waals surface area contributed by atoms with Crippen LogP contribution in [0.15, 0.2) is 4.52 Å². The SMILES string of the molecule is Cc1noc(CCN2CCC(N)C(C)C2)n1. The highest BCUT2D eigenvalue weighted by Gasteiger charge is 2.22. The van der Waals surface area contributed by atoms with Crippen LogP contribution in [0.1, 0.15) is 25.1 Å². The van der Waals surface area contributed by atoms with E-state index in [4.69, 9.17) is 10.3 Å². The van der Waals surface area contributed by atoms with Gasteiger partial charge in [0.25, 0.3) is 0 Å². The van der Waals surface area contributed by atoms with Gasteiger partial charge in [-0.3, -0.25) is 0 Å². The molecule has 1 fully saturated rings. The number of hydrogen-bond acceptors (Lipinski definition) is 5. The molecule has 5 heteroatoms. The van der Waals surface area contributed by atoms with Crippen LogP contribution in [0.2, 0.25) is 0 Å². The van der Waals surface area contributed by atoms with Crippen LogP contribution in [0.25, 0.3) is 0 Å². The number of aromatic nitrogens is 2. The van der Waals surface area contributed by atoms with Crippen LogP contribution < -0.4 is 5.73 Å². The third-order valence-electron chi connectivity index (χ3n) is 3.27. The Morgan fingerprint density at radius 3 is 3.00 bits per heavy atom. The van der Waals surface area contributed by atoms with Gasteiger partial charge in [-0.1, -0.05) is 12.1 Å². The van der Waals surface area contributed by atoms with Crippen LogP contribution in [0.4, 0.5) is 0 Å². The second-order valence-electron chi connectivity index (χ2n) is 4.72. The molecule has 0 bridgehead atoms. The largest absolute Gasteiger partial charge is 0.339 e. The Labute approximate surface area is 96.0 Å². The fraction of sp³-hybridized carbons (Fsp3) is 0.818. The van der Waals surface area contributed by atoms with E-state index in [0.717, 1.165) is 38.4 Å². The van der Waals surface area contributed by atoms with Gasteiger partial charge in [0.2, 0.25) is 5.89 Å². The smallest absolute Gasteiger partial charge is 0.227 e. The van der Waals surface area contributed by atoms with E-state index in [2.05, 4.69) is 22.0 Å². The molecule has 2 unspecified atom stereocenters. The average Bonchev–Trinajstić information content (AvgIpc) is 2.66. The summed E-state index contributed by atoms with van der Waals surface area (Å²) in [5.41, 5.74) is 5.98. The summed E-state index contributed by atoms with van der Waals surface area (Å²) < 4.78 is 5.09. The Balaban J connectivity index is 1.78. The summed E-state index contributed by atoms with van der Waals surface area (Å²) in [7, 11) is 0. The van der Waals surface area contributed by atoms with Crippen molar-refractivity contribution in [3.05, 3.63) is 11.7 Å². The van der Waals surface area contributed by atoms with Crippen LogP contribution in [0, 0.1) is 12.8 Å². The summed E-state index contributed by atoms with van der Waals surface area (Å²) in [5, 5.41) is 3.78. The molecule has 0 saturated carbocycles. The Hall–Kier alpha value is -0.940.